The molecule has 0 radical (unpaired) electrons. The van der Waals surface area contributed by atoms with Crippen LogP contribution >= 0.6 is 12.6 Å². The molecule has 1 heterocycles. The van der Waals surface area contributed by atoms with Gasteiger partial charge in [-0.1, -0.05) is 142 Å². The molecule has 36 heavy (non-hydrogen) atoms. The van der Waals surface area contributed by atoms with E-state index in [4.69, 9.17) is 8.95 Å². The summed E-state index contributed by atoms with van der Waals surface area (Å²) in [5.41, 5.74) is 3.42. The first-order chi connectivity index (χ1) is 17.8. The van der Waals surface area contributed by atoms with Gasteiger partial charge >= 0.3 is 8.56 Å². The van der Waals surface area contributed by atoms with Gasteiger partial charge in [0, 0.05) is 13.2 Å². The number of hydrogen-bond donors (Lipinski definition) is 2. The van der Waals surface area contributed by atoms with Crippen molar-refractivity contribution >= 4 is 21.2 Å². The predicted octanol–water partition coefficient (Wildman–Crippen LogP) is 10.5. The normalized spacial score (nSPS) is 20.9. The Morgan fingerprint density at radius 1 is 0.639 bits per heavy atom. The van der Waals surface area contributed by atoms with Crippen LogP contribution in [0.15, 0.2) is 0 Å². The van der Waals surface area contributed by atoms with Crippen molar-refractivity contribution in [1.29, 1.82) is 0 Å². The van der Waals surface area contributed by atoms with Crippen molar-refractivity contribution in [3.63, 3.8) is 0 Å². The Morgan fingerprint density at radius 3 is 1.64 bits per heavy atom. The first-order valence-electron chi connectivity index (χ1n) is 16.4. The number of thiol groups is 1. The molecule has 0 spiro atoms. The minimum Gasteiger partial charge on any atom is -0.393 e. The molecule has 3 nitrogen and oxygen atoms in total. The molecule has 216 valence electrons. The zero-order valence-electron chi connectivity index (χ0n) is 24.6. The number of rotatable bonds is 25. The van der Waals surface area contributed by atoms with Crippen molar-refractivity contribution in [2.75, 3.05) is 18.9 Å². The van der Waals surface area contributed by atoms with Crippen LogP contribution in [0.3, 0.4) is 0 Å². The largest absolute Gasteiger partial charge is 0.393 e. The highest BCUT2D eigenvalue weighted by Gasteiger charge is 2.38. The molecule has 0 aliphatic carbocycles. The third-order valence-corrected chi connectivity index (χ3v) is 11.9. The third-order valence-electron chi connectivity index (χ3n) is 8.11. The maximum atomic E-state index is 6.61. The number of unbranched alkanes of at least 4 members (excludes halogenated alkanes) is 18. The molecule has 2 unspecified atom stereocenters. The minimum absolute atomic E-state index is 0.702. The molecule has 2 atom stereocenters. The molecule has 1 fully saturated rings. The molecule has 1 aliphatic rings. The van der Waals surface area contributed by atoms with Crippen molar-refractivity contribution in [3.8, 4) is 0 Å². The summed E-state index contributed by atoms with van der Waals surface area (Å²) in [7, 11) is -2.13. The second kappa shape index (κ2) is 25.7. The fourth-order valence-electron chi connectivity index (χ4n) is 5.60. The molecule has 0 aromatic rings. The van der Waals surface area contributed by atoms with E-state index in [1.807, 2.05) is 0 Å². The summed E-state index contributed by atoms with van der Waals surface area (Å²) < 4.78 is 13.0. The third kappa shape index (κ3) is 19.5. The van der Waals surface area contributed by atoms with Crippen LogP contribution in [0.4, 0.5) is 0 Å². The first kappa shape index (κ1) is 34.5. The number of hydrogen-bond acceptors (Lipinski definition) is 4. The standard InChI is InChI=1S/C31H65NO2SSi/c1-3-5-7-9-11-13-15-17-19-21-24-31-25-26-33-36(29-23-27-35,34-32-30-31)28-22-20-18-16-14-12-10-8-6-4-2/h31-32,35H,3-30H2,1-2H3. The van der Waals surface area contributed by atoms with Gasteiger partial charge in [0.25, 0.3) is 0 Å². The van der Waals surface area contributed by atoms with Gasteiger partial charge in [0.05, 0.1) is 0 Å². The van der Waals surface area contributed by atoms with Crippen molar-refractivity contribution in [3.05, 3.63) is 0 Å². The summed E-state index contributed by atoms with van der Waals surface area (Å²) in [6, 6.07) is 2.23. The maximum Gasteiger partial charge on any atom is 0.358 e. The van der Waals surface area contributed by atoms with E-state index >= 15 is 0 Å². The molecule has 0 amide bonds. The summed E-state index contributed by atoms with van der Waals surface area (Å²) in [6.45, 7) is 6.50. The molecule has 1 aliphatic heterocycles. The minimum atomic E-state index is -2.13. The van der Waals surface area contributed by atoms with E-state index in [2.05, 4.69) is 32.0 Å². The van der Waals surface area contributed by atoms with Crippen LogP contribution in [-0.4, -0.2) is 27.5 Å². The summed E-state index contributed by atoms with van der Waals surface area (Å²) in [5, 5.41) is 0. The lowest BCUT2D eigenvalue weighted by Crippen LogP contribution is -2.49. The summed E-state index contributed by atoms with van der Waals surface area (Å²) in [6.07, 6.45) is 31.6. The summed E-state index contributed by atoms with van der Waals surface area (Å²) in [4.78, 5) is 0. The molecule has 1 rings (SSSR count). The van der Waals surface area contributed by atoms with Crippen LogP contribution in [0, 0.1) is 5.92 Å². The Kier molecular flexibility index (Phi) is 24.6. The van der Waals surface area contributed by atoms with Crippen molar-refractivity contribution in [1.82, 2.24) is 5.48 Å². The number of nitrogens with one attached hydrogen (secondary N) is 1. The lowest BCUT2D eigenvalue weighted by Gasteiger charge is -2.34. The van der Waals surface area contributed by atoms with Gasteiger partial charge in [-0.3, -0.25) is 0 Å². The van der Waals surface area contributed by atoms with E-state index in [9.17, 15) is 0 Å². The second-order valence-corrected chi connectivity index (χ2v) is 15.4. The highest BCUT2D eigenvalue weighted by atomic mass is 32.1. The molecule has 1 saturated heterocycles. The highest BCUT2D eigenvalue weighted by molar-refractivity contribution is 7.80. The first-order valence-corrected chi connectivity index (χ1v) is 19.3. The fourth-order valence-corrected chi connectivity index (χ4v) is 9.20. The van der Waals surface area contributed by atoms with Gasteiger partial charge in [-0.2, -0.15) is 12.6 Å². The van der Waals surface area contributed by atoms with Crippen LogP contribution in [0.25, 0.3) is 0 Å². The average Bonchev–Trinajstić information content (AvgIpc) is 2.87. The van der Waals surface area contributed by atoms with E-state index in [1.165, 1.54) is 141 Å². The van der Waals surface area contributed by atoms with E-state index in [0.29, 0.717) is 5.92 Å². The van der Waals surface area contributed by atoms with Crippen molar-refractivity contribution < 1.29 is 8.95 Å². The van der Waals surface area contributed by atoms with Gasteiger partial charge in [0.15, 0.2) is 0 Å². The predicted molar refractivity (Wildman–Crippen MR) is 165 cm³/mol. The molecular formula is C31H65NO2SSi. The highest BCUT2D eigenvalue weighted by Crippen LogP contribution is 2.27. The Morgan fingerprint density at radius 2 is 1.11 bits per heavy atom. The van der Waals surface area contributed by atoms with Crippen LogP contribution in [-0.2, 0) is 8.95 Å². The Balaban J connectivity index is 2.15. The molecule has 0 saturated carbocycles. The lowest BCUT2D eigenvalue weighted by atomic mass is 9.97. The Hall–Kier alpha value is 0.447. The SMILES string of the molecule is CCCCCCCCCCCCC1CCO[Si](CCCS)(CCCCCCCCCCCC)ONC1. The topological polar surface area (TPSA) is 30.5 Å². The number of hydroxylamine groups is 1. The fraction of sp³-hybridized carbons (Fsp3) is 1.00. The second-order valence-electron chi connectivity index (χ2n) is 11.6. The van der Waals surface area contributed by atoms with Crippen LogP contribution in [0.5, 0.6) is 0 Å². The van der Waals surface area contributed by atoms with Crippen molar-refractivity contribution in [2.24, 2.45) is 5.92 Å². The van der Waals surface area contributed by atoms with Gasteiger partial charge in [0.2, 0.25) is 0 Å². The molecule has 0 aromatic heterocycles. The van der Waals surface area contributed by atoms with Crippen LogP contribution in [0.1, 0.15) is 162 Å². The quantitative estimate of drug-likeness (QED) is 0.0682. The van der Waals surface area contributed by atoms with Crippen LogP contribution < -0.4 is 5.48 Å². The van der Waals surface area contributed by atoms with Crippen molar-refractivity contribution in [2.45, 2.75) is 174 Å². The molecule has 0 bridgehead atoms. The van der Waals surface area contributed by atoms with E-state index in [0.717, 1.165) is 37.4 Å². The smallest absolute Gasteiger partial charge is 0.358 e. The Bertz CT molecular complexity index is 444. The van der Waals surface area contributed by atoms with E-state index in [-0.39, 0.29) is 0 Å². The van der Waals surface area contributed by atoms with Gasteiger partial charge in [-0.15, -0.1) is 0 Å². The zero-order valence-corrected chi connectivity index (χ0v) is 26.5. The average molecular weight is 544 g/mol. The zero-order chi connectivity index (χ0) is 26.0. The van der Waals surface area contributed by atoms with Crippen LogP contribution in [0.2, 0.25) is 12.1 Å². The molecule has 5 heteroatoms. The summed E-state index contributed by atoms with van der Waals surface area (Å²) in [5.74, 6) is 1.63. The summed E-state index contributed by atoms with van der Waals surface area (Å²) >= 11 is 4.48. The Labute approximate surface area is 233 Å². The van der Waals surface area contributed by atoms with Gasteiger partial charge in [-0.25, -0.2) is 5.48 Å². The van der Waals surface area contributed by atoms with Gasteiger partial charge in [-0.05, 0) is 43.0 Å². The molecule has 0 aromatic carbocycles. The lowest BCUT2D eigenvalue weighted by molar-refractivity contribution is 0.0631. The van der Waals surface area contributed by atoms with E-state index in [1.54, 1.807) is 0 Å². The van der Waals surface area contributed by atoms with Gasteiger partial charge < -0.3 is 8.95 Å². The maximum absolute atomic E-state index is 6.61. The van der Waals surface area contributed by atoms with Gasteiger partial charge in [0.1, 0.15) is 0 Å². The monoisotopic (exact) mass is 543 g/mol. The van der Waals surface area contributed by atoms with E-state index < -0.39 is 8.56 Å². The molecule has 1 N–H and O–H groups in total. The molecular weight excluding hydrogens is 478 g/mol.